The number of hydrogen-bond acceptors (Lipinski definition) is 6. The maximum Gasteiger partial charge on any atom is 0.268 e. The second kappa shape index (κ2) is 48.3. The predicted molar refractivity (Wildman–Crippen MR) is 279 cm³/mol. The molecule has 0 aromatic rings. The van der Waals surface area contributed by atoms with Crippen molar-refractivity contribution in [2.75, 3.05) is 40.9 Å². The molecule has 0 rings (SSSR count). The van der Waals surface area contributed by atoms with Gasteiger partial charge in [0, 0.05) is 6.42 Å². The Morgan fingerprint density at radius 3 is 1.20 bits per heavy atom. The summed E-state index contributed by atoms with van der Waals surface area (Å²) in [5, 5.41) is 14.0. The molecule has 65 heavy (non-hydrogen) atoms. The summed E-state index contributed by atoms with van der Waals surface area (Å²) in [5.41, 5.74) is 0. The lowest BCUT2D eigenvalue weighted by atomic mass is 10.0. The van der Waals surface area contributed by atoms with Crippen molar-refractivity contribution >= 4 is 13.7 Å². The van der Waals surface area contributed by atoms with Crippen molar-refractivity contribution in [2.24, 2.45) is 0 Å². The van der Waals surface area contributed by atoms with E-state index in [-0.39, 0.29) is 19.1 Å². The average molecular weight is 942 g/mol. The fourth-order valence-corrected chi connectivity index (χ4v) is 9.47. The topological polar surface area (TPSA) is 108 Å². The van der Waals surface area contributed by atoms with Crippen molar-refractivity contribution in [3.63, 3.8) is 0 Å². The fourth-order valence-electron chi connectivity index (χ4n) is 8.74. The summed E-state index contributed by atoms with van der Waals surface area (Å²) in [6.45, 7) is 4.76. The van der Waals surface area contributed by atoms with Crippen molar-refractivity contribution in [1.82, 2.24) is 5.32 Å². The lowest BCUT2D eigenvalue weighted by Gasteiger charge is -2.30. The molecule has 0 heterocycles. The normalized spacial score (nSPS) is 14.0. The predicted octanol–water partition coefficient (Wildman–Crippen LogP) is 16.4. The number of nitrogens with zero attached hydrogens (tertiary/aromatic N) is 1. The number of amides is 1. The Balaban J connectivity index is 4.14. The van der Waals surface area contributed by atoms with Gasteiger partial charge in [-0.2, -0.15) is 0 Å². The summed E-state index contributed by atoms with van der Waals surface area (Å²) in [6.07, 6.45) is 58.1. The van der Waals surface area contributed by atoms with Crippen LogP contribution in [-0.4, -0.2) is 68.5 Å². The van der Waals surface area contributed by atoms with Gasteiger partial charge < -0.3 is 28.8 Å². The molecule has 0 aromatic carbocycles. The highest BCUT2D eigenvalue weighted by Gasteiger charge is 2.24. The van der Waals surface area contributed by atoms with Crippen LogP contribution in [0.15, 0.2) is 12.2 Å². The molecule has 0 aliphatic carbocycles. The van der Waals surface area contributed by atoms with Crippen LogP contribution in [0.3, 0.4) is 0 Å². The monoisotopic (exact) mass is 941 g/mol. The molecule has 0 aromatic heterocycles. The molecule has 0 spiro atoms. The molecule has 388 valence electrons. The van der Waals surface area contributed by atoms with Gasteiger partial charge in [0.2, 0.25) is 5.91 Å². The molecule has 0 saturated carbocycles. The standard InChI is InChI=1S/C56H113N2O6P/c1-6-8-10-12-14-16-18-20-22-24-26-27-28-29-30-31-32-33-35-37-39-41-43-45-47-49-55(59)54(53-64-65(61,62)63-52-51-58(3,4)5)57-56(60)50-48-46-44-42-40-38-36-34-25-23-21-19-17-15-13-11-9-7-2/h23,25,54-55,59H,6-22,24,26-53H2,1-5H3,(H-,57,60,61,62)/b25-23-. The van der Waals surface area contributed by atoms with Crippen LogP contribution in [0, 0.1) is 0 Å². The Morgan fingerprint density at radius 1 is 0.523 bits per heavy atom. The maximum absolute atomic E-state index is 13.0. The van der Waals surface area contributed by atoms with Crippen LogP contribution in [0.4, 0.5) is 0 Å². The van der Waals surface area contributed by atoms with Gasteiger partial charge in [0.15, 0.2) is 0 Å². The number of phosphoric acid groups is 1. The number of nitrogens with one attached hydrogen (secondary N) is 1. The first-order chi connectivity index (χ1) is 31.5. The average Bonchev–Trinajstić information content (AvgIpc) is 3.26. The highest BCUT2D eigenvalue weighted by Crippen LogP contribution is 2.38. The molecule has 0 aliphatic heterocycles. The first-order valence-electron chi connectivity index (χ1n) is 28.5. The second-order valence-corrected chi connectivity index (χ2v) is 22.4. The lowest BCUT2D eigenvalue weighted by molar-refractivity contribution is -0.870. The third-order valence-corrected chi connectivity index (χ3v) is 14.2. The van der Waals surface area contributed by atoms with Crippen molar-refractivity contribution in [3.05, 3.63) is 12.2 Å². The highest BCUT2D eigenvalue weighted by molar-refractivity contribution is 7.45. The van der Waals surface area contributed by atoms with Crippen LogP contribution in [0.25, 0.3) is 0 Å². The minimum atomic E-state index is -4.57. The summed E-state index contributed by atoms with van der Waals surface area (Å²) in [5.74, 6) is -0.164. The van der Waals surface area contributed by atoms with Gasteiger partial charge in [0.1, 0.15) is 13.2 Å². The number of quaternary nitrogens is 1. The van der Waals surface area contributed by atoms with Gasteiger partial charge in [0.05, 0.1) is 39.9 Å². The summed E-state index contributed by atoms with van der Waals surface area (Å²) in [7, 11) is 1.31. The zero-order valence-electron chi connectivity index (χ0n) is 44.2. The number of carbonyl (C=O) groups excluding carboxylic acids is 1. The van der Waals surface area contributed by atoms with Gasteiger partial charge >= 0.3 is 0 Å². The maximum atomic E-state index is 13.0. The minimum absolute atomic E-state index is 0.0137. The van der Waals surface area contributed by atoms with E-state index in [4.69, 9.17) is 9.05 Å². The van der Waals surface area contributed by atoms with Crippen molar-refractivity contribution < 1.29 is 32.9 Å². The number of unbranched alkanes of at least 4 members (excludes halogenated alkanes) is 38. The van der Waals surface area contributed by atoms with E-state index in [1.807, 2.05) is 21.1 Å². The number of hydrogen-bond donors (Lipinski definition) is 2. The van der Waals surface area contributed by atoms with E-state index in [1.165, 1.54) is 225 Å². The van der Waals surface area contributed by atoms with Crippen molar-refractivity contribution in [2.45, 2.75) is 302 Å². The van der Waals surface area contributed by atoms with E-state index in [2.05, 4.69) is 31.3 Å². The SMILES string of the molecule is CCCCCCCCC/C=C\CCCCCCCCCC(=O)NC(COP(=O)([O-])OCC[N+](C)(C)C)C(O)CCCCCCCCCCCCCCCCCCCCCCCCCCC. The van der Waals surface area contributed by atoms with E-state index in [0.717, 1.165) is 38.5 Å². The first-order valence-corrected chi connectivity index (χ1v) is 30.0. The molecule has 1 amide bonds. The van der Waals surface area contributed by atoms with Gasteiger partial charge in [-0.15, -0.1) is 0 Å². The molecular formula is C56H113N2O6P. The Hall–Kier alpha value is -0.760. The van der Waals surface area contributed by atoms with Gasteiger partial charge in [-0.05, 0) is 38.5 Å². The Morgan fingerprint density at radius 2 is 0.846 bits per heavy atom. The molecule has 3 unspecified atom stereocenters. The van der Waals surface area contributed by atoms with Gasteiger partial charge in [-0.25, -0.2) is 0 Å². The van der Waals surface area contributed by atoms with Crippen LogP contribution in [0.2, 0.25) is 0 Å². The molecule has 9 heteroatoms. The molecule has 0 fully saturated rings. The molecule has 0 bridgehead atoms. The lowest BCUT2D eigenvalue weighted by Crippen LogP contribution is -2.46. The number of carbonyl (C=O) groups is 1. The number of aliphatic hydroxyl groups excluding tert-OH is 1. The molecule has 0 saturated heterocycles. The second-order valence-electron chi connectivity index (χ2n) is 21.0. The van der Waals surface area contributed by atoms with E-state index >= 15 is 0 Å². The summed E-state index contributed by atoms with van der Waals surface area (Å²) < 4.78 is 23.4. The smallest absolute Gasteiger partial charge is 0.268 e. The van der Waals surface area contributed by atoms with E-state index in [0.29, 0.717) is 23.9 Å². The Kier molecular flexibility index (Phi) is 47.7. The number of likely N-dealkylation sites (N-methyl/N-ethyl adjacent to an activating group) is 1. The number of allylic oxidation sites excluding steroid dienone is 2. The number of rotatable bonds is 53. The van der Waals surface area contributed by atoms with Crippen LogP contribution < -0.4 is 10.2 Å². The van der Waals surface area contributed by atoms with Crippen molar-refractivity contribution in [3.8, 4) is 0 Å². The Bertz CT molecular complexity index is 1070. The van der Waals surface area contributed by atoms with E-state index in [9.17, 15) is 19.4 Å². The van der Waals surface area contributed by atoms with Crippen LogP contribution in [0.1, 0.15) is 290 Å². The zero-order chi connectivity index (χ0) is 47.8. The molecular weight excluding hydrogens is 828 g/mol. The molecule has 3 atom stereocenters. The molecule has 0 radical (unpaired) electrons. The third-order valence-electron chi connectivity index (χ3n) is 13.3. The highest BCUT2D eigenvalue weighted by atomic mass is 31.2. The van der Waals surface area contributed by atoms with E-state index in [1.54, 1.807) is 0 Å². The summed E-state index contributed by atoms with van der Waals surface area (Å²) in [6, 6.07) is -0.800. The number of aliphatic hydroxyl groups is 1. The quantitative estimate of drug-likeness (QED) is 0.0272. The van der Waals surface area contributed by atoms with Gasteiger partial charge in [0.25, 0.3) is 7.82 Å². The van der Waals surface area contributed by atoms with Crippen LogP contribution >= 0.6 is 7.82 Å². The fraction of sp³-hybridized carbons (Fsp3) is 0.946. The first kappa shape index (κ1) is 64.2. The third kappa shape index (κ3) is 50.9. The van der Waals surface area contributed by atoms with Gasteiger partial charge in [-0.1, -0.05) is 257 Å². The number of phosphoric ester groups is 1. The molecule has 8 nitrogen and oxygen atoms in total. The van der Waals surface area contributed by atoms with Gasteiger partial charge in [-0.3, -0.25) is 9.36 Å². The summed E-state index contributed by atoms with van der Waals surface area (Å²) >= 11 is 0. The molecule has 2 N–H and O–H groups in total. The van der Waals surface area contributed by atoms with E-state index < -0.39 is 20.0 Å². The minimum Gasteiger partial charge on any atom is -0.756 e. The van der Waals surface area contributed by atoms with Crippen LogP contribution in [-0.2, 0) is 18.4 Å². The van der Waals surface area contributed by atoms with Crippen LogP contribution in [0.5, 0.6) is 0 Å². The largest absolute Gasteiger partial charge is 0.756 e. The van der Waals surface area contributed by atoms with Crippen molar-refractivity contribution in [1.29, 1.82) is 0 Å². The summed E-state index contributed by atoms with van der Waals surface area (Å²) in [4.78, 5) is 25.5. The Labute approximate surface area is 405 Å². The zero-order valence-corrected chi connectivity index (χ0v) is 45.1. The molecule has 0 aliphatic rings.